The summed E-state index contributed by atoms with van der Waals surface area (Å²) in [7, 11) is 0. The van der Waals surface area contributed by atoms with Crippen LogP contribution in [0.25, 0.3) is 0 Å². The first-order chi connectivity index (χ1) is 6.95. The highest BCUT2D eigenvalue weighted by Gasteiger charge is 2.25. The number of carbonyl (C=O) groups excluding carboxylic acids is 1. The number of carbonyl (C=O) groups is 2. The van der Waals surface area contributed by atoms with Crippen molar-refractivity contribution >= 4 is 28.5 Å². The quantitative estimate of drug-likeness (QED) is 0.483. The summed E-state index contributed by atoms with van der Waals surface area (Å²) in [6, 6.07) is 3.30. The third kappa shape index (κ3) is 2.10. The van der Waals surface area contributed by atoms with E-state index in [1.807, 2.05) is 0 Å². The van der Waals surface area contributed by atoms with E-state index >= 15 is 0 Å². The van der Waals surface area contributed by atoms with Crippen molar-refractivity contribution in [2.24, 2.45) is 0 Å². The van der Waals surface area contributed by atoms with Gasteiger partial charge < -0.3 is 5.11 Å². The topological polar surface area (TPSA) is 97.5 Å². The summed E-state index contributed by atoms with van der Waals surface area (Å²) in [5.41, 5.74) is -1.74. The molecule has 0 bridgehead atoms. The lowest BCUT2D eigenvalue weighted by Crippen LogP contribution is -2.08. The van der Waals surface area contributed by atoms with E-state index in [2.05, 4.69) is 0 Å². The minimum absolute atomic E-state index is 0.390. The Bertz CT molecular complexity index is 424. The molecule has 0 aliphatic carbocycles. The lowest BCUT2D eigenvalue weighted by atomic mass is 10.1. The summed E-state index contributed by atoms with van der Waals surface area (Å²) < 4.78 is 0. The predicted octanol–water partition coefficient (Wildman–Crippen LogP) is 1.67. The maximum absolute atomic E-state index is 10.8. The van der Waals surface area contributed by atoms with Gasteiger partial charge in [-0.05, 0) is 17.7 Å². The number of carboxylic acids is 1. The molecule has 0 atom stereocenters. The molecule has 0 heterocycles. The third-order valence-electron chi connectivity index (χ3n) is 1.66. The number of hydrogen-bond acceptors (Lipinski definition) is 4. The van der Waals surface area contributed by atoms with E-state index in [4.69, 9.17) is 16.7 Å². The van der Waals surface area contributed by atoms with Gasteiger partial charge in [0.05, 0.1) is 10.5 Å². The van der Waals surface area contributed by atoms with Gasteiger partial charge >= 0.3 is 5.97 Å². The second-order valence-electron chi connectivity index (χ2n) is 2.54. The number of nitro groups is 1. The average Bonchev–Trinajstić information content (AvgIpc) is 2.16. The Hall–Kier alpha value is -1.95. The minimum Gasteiger partial charge on any atom is -0.477 e. The molecule has 15 heavy (non-hydrogen) atoms. The van der Waals surface area contributed by atoms with E-state index in [1.54, 1.807) is 0 Å². The number of hydrogen-bond donors (Lipinski definition) is 1. The zero-order valence-corrected chi connectivity index (χ0v) is 7.89. The number of nitrogens with zero attached hydrogens (tertiary/aromatic N) is 1. The molecule has 1 rings (SSSR count). The van der Waals surface area contributed by atoms with Crippen molar-refractivity contribution in [1.29, 1.82) is 0 Å². The Balaban J connectivity index is 3.56. The number of benzene rings is 1. The number of halogens is 1. The van der Waals surface area contributed by atoms with Crippen LogP contribution in [0.15, 0.2) is 18.2 Å². The minimum atomic E-state index is -1.56. The van der Waals surface area contributed by atoms with Crippen LogP contribution in [0.1, 0.15) is 20.7 Å². The Morgan fingerprint density at radius 1 is 1.40 bits per heavy atom. The van der Waals surface area contributed by atoms with Crippen LogP contribution in [0.5, 0.6) is 0 Å². The van der Waals surface area contributed by atoms with Crippen molar-refractivity contribution in [3.63, 3.8) is 0 Å². The molecule has 0 aliphatic heterocycles. The van der Waals surface area contributed by atoms with Crippen LogP contribution in [0, 0.1) is 10.1 Å². The van der Waals surface area contributed by atoms with Gasteiger partial charge in [-0.25, -0.2) is 4.79 Å². The van der Waals surface area contributed by atoms with Crippen LogP contribution in [0.3, 0.4) is 0 Å². The number of nitro benzene ring substituents is 1. The van der Waals surface area contributed by atoms with Gasteiger partial charge in [-0.1, -0.05) is 6.07 Å². The molecule has 1 N–H and O–H groups in total. The highest BCUT2D eigenvalue weighted by Crippen LogP contribution is 2.23. The number of carboxylic acid groups (broad SMARTS) is 1. The highest BCUT2D eigenvalue weighted by molar-refractivity contribution is 6.68. The largest absolute Gasteiger partial charge is 0.477 e. The third-order valence-corrected chi connectivity index (χ3v) is 1.87. The van der Waals surface area contributed by atoms with Crippen LogP contribution < -0.4 is 0 Å². The zero-order valence-electron chi connectivity index (χ0n) is 7.14. The Morgan fingerprint density at radius 2 is 2.00 bits per heavy atom. The van der Waals surface area contributed by atoms with Crippen molar-refractivity contribution in [3.8, 4) is 0 Å². The molecule has 7 heteroatoms. The Kier molecular flexibility index (Phi) is 3.01. The molecule has 0 aliphatic rings. The fourth-order valence-corrected chi connectivity index (χ4v) is 1.24. The molecule has 1 aromatic rings. The monoisotopic (exact) mass is 229 g/mol. The lowest BCUT2D eigenvalue weighted by molar-refractivity contribution is -0.385. The van der Waals surface area contributed by atoms with Crippen molar-refractivity contribution in [3.05, 3.63) is 39.4 Å². The van der Waals surface area contributed by atoms with Gasteiger partial charge in [0.15, 0.2) is 0 Å². The molecule has 0 amide bonds. The molecule has 0 saturated heterocycles. The standard InChI is InChI=1S/C8H4ClNO5/c9-7(11)4-2-1-3-5(10(14)15)6(4)8(12)13/h1-3H,(H,12,13). The molecule has 0 fully saturated rings. The highest BCUT2D eigenvalue weighted by atomic mass is 35.5. The summed E-state index contributed by atoms with van der Waals surface area (Å²) in [6.45, 7) is 0. The maximum atomic E-state index is 10.8. The van der Waals surface area contributed by atoms with Crippen LogP contribution in [-0.4, -0.2) is 21.2 Å². The van der Waals surface area contributed by atoms with E-state index in [1.165, 1.54) is 6.07 Å². The molecule has 78 valence electrons. The zero-order chi connectivity index (χ0) is 11.6. The van der Waals surface area contributed by atoms with Gasteiger partial charge in [-0.15, -0.1) is 0 Å². The van der Waals surface area contributed by atoms with Crippen LogP contribution >= 0.6 is 11.6 Å². The summed E-state index contributed by atoms with van der Waals surface area (Å²) in [5.74, 6) is -1.56. The lowest BCUT2D eigenvalue weighted by Gasteiger charge is -2.01. The van der Waals surface area contributed by atoms with Crippen LogP contribution in [-0.2, 0) is 0 Å². The second kappa shape index (κ2) is 4.05. The molecule has 0 saturated carbocycles. The van der Waals surface area contributed by atoms with Gasteiger partial charge in [0.2, 0.25) is 0 Å². The molecule has 0 spiro atoms. The Labute approximate surface area is 88.2 Å². The Morgan fingerprint density at radius 3 is 2.40 bits per heavy atom. The average molecular weight is 230 g/mol. The van der Waals surface area contributed by atoms with Crippen LogP contribution in [0.4, 0.5) is 5.69 Å². The van der Waals surface area contributed by atoms with Crippen LogP contribution in [0.2, 0.25) is 0 Å². The molecular weight excluding hydrogens is 226 g/mol. The second-order valence-corrected chi connectivity index (χ2v) is 2.88. The maximum Gasteiger partial charge on any atom is 0.343 e. The van der Waals surface area contributed by atoms with E-state index in [9.17, 15) is 19.7 Å². The molecule has 1 aromatic carbocycles. The van der Waals surface area contributed by atoms with Crippen molar-refractivity contribution in [2.75, 3.05) is 0 Å². The summed E-state index contributed by atoms with van der Waals surface area (Å²) in [5, 5.41) is 18.2. The normalized spacial score (nSPS) is 9.67. The SMILES string of the molecule is O=C(Cl)c1cccc([N+](=O)[O-])c1C(=O)O. The molecule has 0 unspecified atom stereocenters. The molecule has 0 radical (unpaired) electrons. The first-order valence-electron chi connectivity index (χ1n) is 3.65. The van der Waals surface area contributed by atoms with Crippen molar-refractivity contribution in [1.82, 2.24) is 0 Å². The smallest absolute Gasteiger partial charge is 0.343 e. The predicted molar refractivity (Wildman–Crippen MR) is 50.2 cm³/mol. The van der Waals surface area contributed by atoms with Gasteiger partial charge in [0, 0.05) is 6.07 Å². The van der Waals surface area contributed by atoms with E-state index in [0.717, 1.165) is 12.1 Å². The van der Waals surface area contributed by atoms with E-state index in [-0.39, 0.29) is 0 Å². The molecular formula is C8H4ClNO5. The van der Waals surface area contributed by atoms with Crippen molar-refractivity contribution < 1.29 is 19.6 Å². The molecule has 6 nitrogen and oxygen atoms in total. The van der Waals surface area contributed by atoms with Gasteiger partial charge in [0.1, 0.15) is 5.56 Å². The summed E-state index contributed by atoms with van der Waals surface area (Å²) in [6.07, 6.45) is 0. The summed E-state index contributed by atoms with van der Waals surface area (Å²) >= 11 is 5.10. The summed E-state index contributed by atoms with van der Waals surface area (Å²) in [4.78, 5) is 31.2. The molecule has 0 aromatic heterocycles. The first kappa shape index (κ1) is 11.1. The van der Waals surface area contributed by atoms with Gasteiger partial charge in [0.25, 0.3) is 10.9 Å². The van der Waals surface area contributed by atoms with E-state index in [0.29, 0.717) is 0 Å². The first-order valence-corrected chi connectivity index (χ1v) is 4.03. The van der Waals surface area contributed by atoms with Gasteiger partial charge in [-0.2, -0.15) is 0 Å². The van der Waals surface area contributed by atoms with Gasteiger partial charge in [-0.3, -0.25) is 14.9 Å². The number of rotatable bonds is 3. The fourth-order valence-electron chi connectivity index (χ4n) is 1.08. The van der Waals surface area contributed by atoms with E-state index < -0.39 is 32.9 Å². The van der Waals surface area contributed by atoms with Crippen molar-refractivity contribution in [2.45, 2.75) is 0 Å². The fraction of sp³-hybridized carbons (Fsp3) is 0. The number of aromatic carboxylic acids is 1.